The molecule has 31 heavy (non-hydrogen) atoms. The number of phenols is 1. The first-order valence-corrected chi connectivity index (χ1v) is 10.4. The van der Waals surface area contributed by atoms with E-state index in [1.807, 2.05) is 0 Å². The van der Waals surface area contributed by atoms with Gasteiger partial charge in [0.2, 0.25) is 0 Å². The summed E-state index contributed by atoms with van der Waals surface area (Å²) in [7, 11) is 0. The van der Waals surface area contributed by atoms with Crippen molar-refractivity contribution in [3.63, 3.8) is 0 Å². The Hall–Kier alpha value is -3.06. The highest BCUT2D eigenvalue weighted by molar-refractivity contribution is 6.31. The lowest BCUT2D eigenvalue weighted by Crippen LogP contribution is -2.48. The summed E-state index contributed by atoms with van der Waals surface area (Å²) in [5, 5.41) is 11.1. The molecule has 2 heterocycles. The highest BCUT2D eigenvalue weighted by Gasteiger charge is 2.42. The van der Waals surface area contributed by atoms with Gasteiger partial charge >= 0.3 is 6.09 Å². The molecular formula is C23H23ClN2O5. The van der Waals surface area contributed by atoms with Crippen LogP contribution >= 0.6 is 11.6 Å². The van der Waals surface area contributed by atoms with Crippen LogP contribution < -0.4 is 0 Å². The Morgan fingerprint density at radius 3 is 2.32 bits per heavy atom. The molecule has 0 spiro atoms. The number of phenolic OH excluding ortho intramolecular Hbond substituents is 1. The van der Waals surface area contributed by atoms with Crippen molar-refractivity contribution in [2.24, 2.45) is 0 Å². The van der Waals surface area contributed by atoms with E-state index in [2.05, 4.69) is 0 Å². The van der Waals surface area contributed by atoms with Gasteiger partial charge in [0.25, 0.3) is 11.8 Å². The molecule has 0 aromatic heterocycles. The van der Waals surface area contributed by atoms with Crippen molar-refractivity contribution >= 4 is 29.5 Å². The Balaban J connectivity index is 1.75. The van der Waals surface area contributed by atoms with Gasteiger partial charge in [0, 0.05) is 17.1 Å². The smallest absolute Gasteiger partial charge is 0.410 e. The number of amides is 3. The number of aromatic hydroxyl groups is 1. The topological polar surface area (TPSA) is 87.2 Å². The molecular weight excluding hydrogens is 420 g/mol. The normalized spacial score (nSPS) is 18.1. The van der Waals surface area contributed by atoms with Crippen molar-refractivity contribution in [1.29, 1.82) is 0 Å². The maximum atomic E-state index is 13.0. The first-order valence-electron chi connectivity index (χ1n) is 10.0. The molecule has 7 nitrogen and oxygen atoms in total. The second-order valence-electron chi connectivity index (χ2n) is 8.66. The highest BCUT2D eigenvalue weighted by Crippen LogP contribution is 2.41. The quantitative estimate of drug-likeness (QED) is 0.705. The van der Waals surface area contributed by atoms with E-state index in [1.54, 1.807) is 51.1 Å². The zero-order chi connectivity index (χ0) is 22.5. The lowest BCUT2D eigenvalue weighted by Gasteiger charge is -2.39. The van der Waals surface area contributed by atoms with E-state index >= 15 is 0 Å². The molecule has 1 unspecified atom stereocenters. The standard InChI is InChI=1S/C23H23ClN2O5/c1-23(2,3)31-22(30)25-11-10-15-16(24)8-9-18(27)19(15)17(25)12-26-20(28)13-6-4-5-7-14(13)21(26)29/h4-9,17,27H,10-12H2,1-3H3. The van der Waals surface area contributed by atoms with E-state index in [4.69, 9.17) is 16.3 Å². The summed E-state index contributed by atoms with van der Waals surface area (Å²) in [6, 6.07) is 8.85. The van der Waals surface area contributed by atoms with E-state index in [0.717, 1.165) is 4.90 Å². The first-order chi connectivity index (χ1) is 14.6. The molecule has 0 bridgehead atoms. The number of benzene rings is 2. The van der Waals surface area contributed by atoms with Crippen LogP contribution in [0.2, 0.25) is 5.02 Å². The van der Waals surface area contributed by atoms with Crippen molar-refractivity contribution in [2.45, 2.75) is 38.8 Å². The SMILES string of the molecule is CC(C)(C)OC(=O)N1CCc2c(Cl)ccc(O)c2C1CN1C(=O)c2ccccc2C1=O. The third kappa shape index (κ3) is 3.74. The van der Waals surface area contributed by atoms with Crippen molar-refractivity contribution in [3.8, 4) is 5.75 Å². The van der Waals surface area contributed by atoms with Crippen LogP contribution in [0.25, 0.3) is 0 Å². The second kappa shape index (κ2) is 7.57. The lowest BCUT2D eigenvalue weighted by atomic mass is 9.91. The van der Waals surface area contributed by atoms with Gasteiger partial charge in [0.05, 0.1) is 23.7 Å². The fraction of sp³-hybridized carbons (Fsp3) is 0.348. The summed E-state index contributed by atoms with van der Waals surface area (Å²) in [6.45, 7) is 5.44. The van der Waals surface area contributed by atoms with Crippen LogP contribution in [0.4, 0.5) is 4.79 Å². The Bertz CT molecular complexity index is 1060. The van der Waals surface area contributed by atoms with Gasteiger partial charge in [-0.05, 0) is 57.0 Å². The van der Waals surface area contributed by atoms with Gasteiger partial charge < -0.3 is 9.84 Å². The third-order valence-corrected chi connectivity index (χ3v) is 5.80. The minimum atomic E-state index is -0.792. The summed E-state index contributed by atoms with van der Waals surface area (Å²) >= 11 is 6.37. The zero-order valence-corrected chi connectivity index (χ0v) is 18.3. The number of nitrogens with zero attached hydrogens (tertiary/aromatic N) is 2. The summed E-state index contributed by atoms with van der Waals surface area (Å²) in [6.07, 6.45) is -0.167. The van der Waals surface area contributed by atoms with Crippen molar-refractivity contribution < 1.29 is 24.2 Å². The van der Waals surface area contributed by atoms with Crippen LogP contribution in [0.1, 0.15) is 58.7 Å². The largest absolute Gasteiger partial charge is 0.508 e. The number of carbonyl (C=O) groups is 3. The van der Waals surface area contributed by atoms with E-state index in [-0.39, 0.29) is 18.8 Å². The van der Waals surface area contributed by atoms with E-state index in [1.165, 1.54) is 11.0 Å². The number of hydrogen-bond acceptors (Lipinski definition) is 5. The number of fused-ring (bicyclic) bond motifs is 2. The van der Waals surface area contributed by atoms with Crippen LogP contribution in [0.5, 0.6) is 5.75 Å². The molecule has 2 aromatic carbocycles. The molecule has 162 valence electrons. The van der Waals surface area contributed by atoms with E-state index in [9.17, 15) is 19.5 Å². The Morgan fingerprint density at radius 1 is 1.13 bits per heavy atom. The molecule has 2 aromatic rings. The molecule has 0 aliphatic carbocycles. The third-order valence-electron chi connectivity index (χ3n) is 5.45. The lowest BCUT2D eigenvalue weighted by molar-refractivity contribution is 0.00962. The molecule has 0 saturated heterocycles. The van der Waals surface area contributed by atoms with Crippen LogP contribution in [-0.2, 0) is 11.2 Å². The zero-order valence-electron chi connectivity index (χ0n) is 17.5. The first kappa shape index (κ1) is 21.2. The van der Waals surface area contributed by atoms with Gasteiger partial charge in [-0.15, -0.1) is 0 Å². The molecule has 3 amide bonds. The van der Waals surface area contributed by atoms with Crippen LogP contribution in [0, 0.1) is 0 Å². The number of carbonyl (C=O) groups excluding carboxylic acids is 3. The summed E-state index contributed by atoms with van der Waals surface area (Å²) in [5.41, 5.74) is 1.04. The van der Waals surface area contributed by atoms with Crippen LogP contribution in [0.3, 0.4) is 0 Å². The summed E-state index contributed by atoms with van der Waals surface area (Å²) in [5.74, 6) is -0.911. The number of hydrogen-bond donors (Lipinski definition) is 1. The highest BCUT2D eigenvalue weighted by atomic mass is 35.5. The molecule has 1 N–H and O–H groups in total. The van der Waals surface area contributed by atoms with Gasteiger partial charge in [-0.3, -0.25) is 19.4 Å². The summed E-state index contributed by atoms with van der Waals surface area (Å²) < 4.78 is 5.56. The summed E-state index contributed by atoms with van der Waals surface area (Å²) in [4.78, 5) is 41.4. The van der Waals surface area contributed by atoms with Crippen LogP contribution in [-0.4, -0.2) is 51.5 Å². The molecule has 0 radical (unpaired) electrons. The van der Waals surface area contributed by atoms with Crippen LogP contribution in [0.15, 0.2) is 36.4 Å². The maximum Gasteiger partial charge on any atom is 0.410 e. The van der Waals surface area contributed by atoms with Gasteiger partial charge in [-0.1, -0.05) is 23.7 Å². The van der Waals surface area contributed by atoms with Crippen molar-refractivity contribution in [2.75, 3.05) is 13.1 Å². The van der Waals surface area contributed by atoms with Gasteiger partial charge in [0.15, 0.2) is 0 Å². The average molecular weight is 443 g/mol. The van der Waals surface area contributed by atoms with Gasteiger partial charge in [-0.2, -0.15) is 0 Å². The fourth-order valence-electron chi connectivity index (χ4n) is 4.10. The monoisotopic (exact) mass is 442 g/mol. The Kier molecular flexibility index (Phi) is 5.17. The minimum Gasteiger partial charge on any atom is -0.508 e. The molecule has 0 saturated carbocycles. The average Bonchev–Trinajstić information content (AvgIpc) is 2.94. The Labute approximate surface area is 185 Å². The minimum absolute atomic E-state index is 0.0470. The number of halogens is 1. The van der Waals surface area contributed by atoms with Gasteiger partial charge in [-0.25, -0.2) is 4.79 Å². The molecule has 1 atom stereocenters. The molecule has 4 rings (SSSR count). The van der Waals surface area contributed by atoms with Crippen molar-refractivity contribution in [3.05, 3.63) is 63.7 Å². The number of ether oxygens (including phenoxy) is 1. The second-order valence-corrected chi connectivity index (χ2v) is 9.07. The molecule has 2 aliphatic rings. The number of imide groups is 1. The van der Waals surface area contributed by atoms with E-state index < -0.39 is 29.6 Å². The Morgan fingerprint density at radius 2 is 1.74 bits per heavy atom. The predicted octanol–water partition coefficient (Wildman–Crippen LogP) is 4.18. The van der Waals surface area contributed by atoms with E-state index in [0.29, 0.717) is 33.7 Å². The maximum absolute atomic E-state index is 13.0. The molecule has 0 fully saturated rings. The molecule has 2 aliphatic heterocycles. The van der Waals surface area contributed by atoms with Crippen molar-refractivity contribution in [1.82, 2.24) is 9.80 Å². The number of rotatable bonds is 2. The molecule has 8 heteroatoms. The predicted molar refractivity (Wildman–Crippen MR) is 114 cm³/mol. The fourth-order valence-corrected chi connectivity index (χ4v) is 4.36. The van der Waals surface area contributed by atoms with Gasteiger partial charge in [0.1, 0.15) is 11.4 Å².